The molecule has 0 bridgehead atoms. The zero-order chi connectivity index (χ0) is 31.6. The second-order valence-corrected chi connectivity index (χ2v) is 11.6. The summed E-state index contributed by atoms with van der Waals surface area (Å²) in [5.41, 5.74) is 5.61. The number of thioether (sulfide) groups is 1. The van der Waals surface area contributed by atoms with E-state index in [-0.39, 0.29) is 44.4 Å². The van der Waals surface area contributed by atoms with E-state index in [9.17, 15) is 14.7 Å². The quantitative estimate of drug-likeness (QED) is 0.126. The first kappa shape index (κ1) is 32.2. The number of H-pyrrole nitrogens is 1. The van der Waals surface area contributed by atoms with Gasteiger partial charge < -0.3 is 30.0 Å². The number of aliphatic hydroxyl groups is 1. The van der Waals surface area contributed by atoms with E-state index < -0.39 is 18.3 Å². The topological polar surface area (TPSA) is 148 Å². The summed E-state index contributed by atoms with van der Waals surface area (Å²) in [5.74, 6) is 0.219. The molecule has 4 atom stereocenters. The summed E-state index contributed by atoms with van der Waals surface area (Å²) in [7, 11) is 0. The number of benzene rings is 3. The van der Waals surface area contributed by atoms with Gasteiger partial charge in [-0.15, -0.1) is 0 Å². The molecule has 5 rings (SSSR count). The van der Waals surface area contributed by atoms with E-state index in [2.05, 4.69) is 32.7 Å². The summed E-state index contributed by atoms with van der Waals surface area (Å²) in [6.07, 6.45) is 0.529. The number of rotatable bonds is 12. The van der Waals surface area contributed by atoms with Gasteiger partial charge in [0.25, 0.3) is 0 Å². The number of aliphatic hydroxyl groups excluding tert-OH is 1. The minimum absolute atomic E-state index is 0.0161. The summed E-state index contributed by atoms with van der Waals surface area (Å²) in [6, 6.07) is 23.2. The number of aromatic nitrogens is 3. The third-order valence-corrected chi connectivity index (χ3v) is 8.52. The van der Waals surface area contributed by atoms with Crippen LogP contribution in [-0.4, -0.2) is 57.3 Å². The lowest BCUT2D eigenvalue weighted by Gasteiger charge is -2.41. The van der Waals surface area contributed by atoms with Crippen LogP contribution in [0.25, 0.3) is 11.1 Å². The number of urea groups is 1. The number of amides is 2. The van der Waals surface area contributed by atoms with Crippen LogP contribution in [0.4, 0.5) is 4.79 Å². The molecule has 0 spiro atoms. The molecule has 0 radical (unpaired) electrons. The highest BCUT2D eigenvalue weighted by atomic mass is 32.2. The van der Waals surface area contributed by atoms with Crippen molar-refractivity contribution in [2.45, 2.75) is 50.7 Å². The van der Waals surface area contributed by atoms with Gasteiger partial charge in [-0.3, -0.25) is 9.89 Å². The van der Waals surface area contributed by atoms with E-state index in [0.29, 0.717) is 5.75 Å². The Hall–Kier alpha value is -4.23. The Balaban J connectivity index is 1.30. The lowest BCUT2D eigenvalue weighted by atomic mass is 9.91. The fourth-order valence-electron chi connectivity index (χ4n) is 5.11. The summed E-state index contributed by atoms with van der Waals surface area (Å²) >= 11 is 1.55. The standard InChI is InChI=1S/C33H37N5O6S/c1-3-42-29(40)17-35-32(41)34-16-26-6-4-5-7-27(26)23-12-14-25(15-13-23)31-43-28(19-45-33-36-20-37-38-33)21(2)30(44-31)24-10-8-22(18-39)9-11-24/h4-15,20-21,28,30-31,39H,3,16-19H2,1-2H3,(H2,34,35,41)(H,36,37,38)/t21-,28+,30+,31+/m0/s1. The second-order valence-electron chi connectivity index (χ2n) is 10.5. The van der Waals surface area contributed by atoms with Crippen LogP contribution in [0.3, 0.4) is 0 Å². The van der Waals surface area contributed by atoms with Crippen LogP contribution in [0.2, 0.25) is 0 Å². The van der Waals surface area contributed by atoms with Gasteiger partial charge in [0.05, 0.1) is 25.4 Å². The number of ether oxygens (including phenoxy) is 3. The first-order valence-electron chi connectivity index (χ1n) is 14.8. The molecule has 1 fully saturated rings. The molecule has 1 aliphatic heterocycles. The van der Waals surface area contributed by atoms with Gasteiger partial charge in [-0.05, 0) is 34.7 Å². The third-order valence-electron chi connectivity index (χ3n) is 7.55. The molecular weight excluding hydrogens is 594 g/mol. The van der Waals surface area contributed by atoms with E-state index in [1.54, 1.807) is 18.7 Å². The van der Waals surface area contributed by atoms with Crippen molar-refractivity contribution in [3.05, 3.63) is 101 Å². The SMILES string of the molecule is CCOC(=O)CNC(=O)NCc1ccccc1-c1ccc([C@@H]2O[C@H](CSc3ncn[nH]3)[C@H](C)[C@H](c3ccc(CO)cc3)O2)cc1. The maximum Gasteiger partial charge on any atom is 0.325 e. The Morgan fingerprint density at radius 1 is 1.00 bits per heavy atom. The molecule has 1 aliphatic rings. The summed E-state index contributed by atoms with van der Waals surface area (Å²) in [6.45, 7) is 4.16. The highest BCUT2D eigenvalue weighted by molar-refractivity contribution is 7.99. The number of aromatic amines is 1. The van der Waals surface area contributed by atoms with Gasteiger partial charge in [-0.2, -0.15) is 5.10 Å². The van der Waals surface area contributed by atoms with Crippen LogP contribution in [-0.2, 0) is 32.2 Å². The lowest BCUT2D eigenvalue weighted by molar-refractivity contribution is -0.268. The molecule has 3 aromatic carbocycles. The number of nitrogens with one attached hydrogen (secondary N) is 3. The Morgan fingerprint density at radius 2 is 1.76 bits per heavy atom. The van der Waals surface area contributed by atoms with Gasteiger partial charge >= 0.3 is 12.0 Å². The maximum atomic E-state index is 12.2. The highest BCUT2D eigenvalue weighted by Crippen LogP contribution is 2.43. The van der Waals surface area contributed by atoms with Gasteiger partial charge in [0.15, 0.2) is 11.4 Å². The van der Waals surface area contributed by atoms with Gasteiger partial charge in [-0.25, -0.2) is 9.78 Å². The monoisotopic (exact) mass is 631 g/mol. The first-order chi connectivity index (χ1) is 21.9. The Kier molecular flexibility index (Phi) is 11.2. The molecule has 2 heterocycles. The van der Waals surface area contributed by atoms with Crippen LogP contribution in [0.1, 0.15) is 48.5 Å². The zero-order valence-corrected chi connectivity index (χ0v) is 26.0. The minimum Gasteiger partial charge on any atom is -0.465 e. The number of hydrogen-bond acceptors (Lipinski definition) is 9. The zero-order valence-electron chi connectivity index (χ0n) is 25.1. The molecule has 4 aromatic rings. The molecule has 11 nitrogen and oxygen atoms in total. The number of hydrogen-bond donors (Lipinski definition) is 4. The first-order valence-corrected chi connectivity index (χ1v) is 15.8. The van der Waals surface area contributed by atoms with Crippen LogP contribution >= 0.6 is 11.8 Å². The smallest absolute Gasteiger partial charge is 0.325 e. The Labute approximate surface area is 266 Å². The fraction of sp³-hybridized carbons (Fsp3) is 0.333. The van der Waals surface area contributed by atoms with Crippen LogP contribution < -0.4 is 10.6 Å². The van der Waals surface area contributed by atoms with E-state index >= 15 is 0 Å². The molecule has 1 aromatic heterocycles. The number of carbonyl (C=O) groups excluding carboxylic acids is 2. The van der Waals surface area contributed by atoms with Crippen molar-refractivity contribution in [2.24, 2.45) is 5.92 Å². The van der Waals surface area contributed by atoms with Crippen molar-refractivity contribution in [1.29, 1.82) is 0 Å². The van der Waals surface area contributed by atoms with Crippen molar-refractivity contribution in [3.8, 4) is 11.1 Å². The molecule has 2 amide bonds. The molecular formula is C33H37N5O6S. The fourth-order valence-corrected chi connectivity index (χ4v) is 6.06. The summed E-state index contributed by atoms with van der Waals surface area (Å²) in [4.78, 5) is 28.0. The van der Waals surface area contributed by atoms with Crippen LogP contribution in [0.5, 0.6) is 0 Å². The maximum absolute atomic E-state index is 12.2. The van der Waals surface area contributed by atoms with Crippen molar-refractivity contribution in [3.63, 3.8) is 0 Å². The Bertz CT molecular complexity index is 1530. The van der Waals surface area contributed by atoms with Crippen LogP contribution in [0.15, 0.2) is 84.3 Å². The van der Waals surface area contributed by atoms with Crippen molar-refractivity contribution < 1.29 is 28.9 Å². The van der Waals surface area contributed by atoms with Gasteiger partial charge in [-0.1, -0.05) is 91.5 Å². The highest BCUT2D eigenvalue weighted by Gasteiger charge is 2.38. The molecule has 0 aliphatic carbocycles. The average Bonchev–Trinajstić information content (AvgIpc) is 3.60. The van der Waals surface area contributed by atoms with E-state index in [1.165, 1.54) is 6.33 Å². The van der Waals surface area contributed by atoms with Gasteiger partial charge in [0, 0.05) is 23.8 Å². The number of esters is 1. The van der Waals surface area contributed by atoms with E-state index in [1.807, 2.05) is 72.8 Å². The summed E-state index contributed by atoms with van der Waals surface area (Å²) < 4.78 is 18.0. The van der Waals surface area contributed by atoms with Crippen molar-refractivity contribution >= 4 is 23.8 Å². The molecule has 45 heavy (non-hydrogen) atoms. The normalized spacial score (nSPS) is 19.5. The van der Waals surface area contributed by atoms with Gasteiger partial charge in [0.2, 0.25) is 0 Å². The molecule has 4 N–H and O–H groups in total. The average molecular weight is 632 g/mol. The number of carbonyl (C=O) groups is 2. The molecule has 12 heteroatoms. The van der Waals surface area contributed by atoms with Gasteiger partial charge in [0.1, 0.15) is 12.9 Å². The predicted octanol–water partition coefficient (Wildman–Crippen LogP) is 4.91. The molecule has 236 valence electrons. The van der Waals surface area contributed by atoms with Crippen molar-refractivity contribution in [2.75, 3.05) is 18.9 Å². The largest absolute Gasteiger partial charge is 0.465 e. The molecule has 1 saturated heterocycles. The molecule has 0 saturated carbocycles. The Morgan fingerprint density at radius 3 is 2.47 bits per heavy atom. The summed E-state index contributed by atoms with van der Waals surface area (Å²) in [5, 5.41) is 22.4. The predicted molar refractivity (Wildman–Crippen MR) is 169 cm³/mol. The molecule has 0 unspecified atom stereocenters. The minimum atomic E-state index is -0.599. The van der Waals surface area contributed by atoms with E-state index in [0.717, 1.165) is 38.5 Å². The number of nitrogens with zero attached hydrogens (tertiary/aromatic N) is 2. The van der Waals surface area contributed by atoms with Crippen LogP contribution in [0, 0.1) is 5.92 Å². The van der Waals surface area contributed by atoms with Crippen molar-refractivity contribution in [1.82, 2.24) is 25.8 Å². The third kappa shape index (κ3) is 8.49. The van der Waals surface area contributed by atoms with E-state index in [4.69, 9.17) is 14.2 Å². The lowest BCUT2D eigenvalue weighted by Crippen LogP contribution is -2.38. The second kappa shape index (κ2) is 15.7.